The van der Waals surface area contributed by atoms with Crippen LogP contribution in [0.2, 0.25) is 0 Å². The summed E-state index contributed by atoms with van der Waals surface area (Å²) in [5.74, 6) is -0.326. The zero-order valence-electron chi connectivity index (χ0n) is 14.7. The summed E-state index contributed by atoms with van der Waals surface area (Å²) in [6.45, 7) is 2.55. The van der Waals surface area contributed by atoms with E-state index in [2.05, 4.69) is 15.2 Å². The van der Waals surface area contributed by atoms with E-state index in [0.717, 1.165) is 42.3 Å². The number of fused-ring (bicyclic) bond motifs is 1. The average molecular weight is 352 g/mol. The minimum absolute atomic E-state index is 0.0591. The number of pyridine rings is 1. The smallest absolute Gasteiger partial charge is 0.255 e. The van der Waals surface area contributed by atoms with Gasteiger partial charge in [-0.3, -0.25) is 9.89 Å². The van der Waals surface area contributed by atoms with E-state index in [0.29, 0.717) is 17.8 Å². The van der Waals surface area contributed by atoms with E-state index in [9.17, 15) is 9.18 Å². The molecule has 6 heteroatoms. The van der Waals surface area contributed by atoms with Crippen molar-refractivity contribution in [2.75, 3.05) is 6.54 Å². The molecular weight excluding hydrogens is 331 g/mol. The van der Waals surface area contributed by atoms with Gasteiger partial charge < -0.3 is 4.90 Å². The van der Waals surface area contributed by atoms with E-state index in [1.165, 1.54) is 12.1 Å². The molecule has 2 aromatic heterocycles. The molecule has 0 radical (unpaired) electrons. The molecule has 3 heterocycles. The number of nitrogens with zero attached hydrogens (tertiary/aromatic N) is 3. The number of aromatic amines is 1. The fraction of sp³-hybridized carbons (Fsp3) is 0.350. The fourth-order valence-corrected chi connectivity index (χ4v) is 3.72. The molecular formula is C20H21FN4O. The lowest BCUT2D eigenvalue weighted by Gasteiger charge is -2.30. The summed E-state index contributed by atoms with van der Waals surface area (Å²) in [4.78, 5) is 19.5. The Morgan fingerprint density at radius 3 is 3.00 bits per heavy atom. The first-order valence-electron chi connectivity index (χ1n) is 9.00. The molecule has 0 unspecified atom stereocenters. The van der Waals surface area contributed by atoms with Crippen LogP contribution in [0, 0.1) is 12.7 Å². The summed E-state index contributed by atoms with van der Waals surface area (Å²) in [6, 6.07) is 8.32. The molecule has 1 aromatic carbocycles. The van der Waals surface area contributed by atoms with Crippen LogP contribution in [0.15, 0.2) is 36.5 Å². The molecule has 1 atom stereocenters. The molecule has 0 bridgehead atoms. The molecule has 0 spiro atoms. The van der Waals surface area contributed by atoms with Gasteiger partial charge in [-0.2, -0.15) is 5.10 Å². The van der Waals surface area contributed by atoms with E-state index < -0.39 is 0 Å². The summed E-state index contributed by atoms with van der Waals surface area (Å²) >= 11 is 0. The standard InChI is InChI=1S/C20H21FN4O/c1-13-17-11-15(12-22-19(17)24-23-13)20(26)25-9-4-2-3-8-18(25)14-6-5-7-16(21)10-14/h5-7,10-12,18H,2-4,8-9H2,1H3,(H,22,23,24)/t18-/m1/s1. The maximum absolute atomic E-state index is 13.7. The maximum Gasteiger partial charge on any atom is 0.255 e. The Morgan fingerprint density at radius 1 is 1.27 bits per heavy atom. The number of aromatic nitrogens is 3. The predicted molar refractivity (Wildman–Crippen MR) is 97.3 cm³/mol. The molecule has 134 valence electrons. The van der Waals surface area contributed by atoms with Gasteiger partial charge in [-0.15, -0.1) is 0 Å². The van der Waals surface area contributed by atoms with Crippen molar-refractivity contribution >= 4 is 16.9 Å². The first-order chi connectivity index (χ1) is 12.6. The van der Waals surface area contributed by atoms with Crippen molar-refractivity contribution in [3.05, 3.63) is 59.2 Å². The van der Waals surface area contributed by atoms with E-state index in [-0.39, 0.29) is 17.8 Å². The Bertz CT molecular complexity index is 952. The minimum Gasteiger partial charge on any atom is -0.332 e. The van der Waals surface area contributed by atoms with Crippen LogP contribution in [0.5, 0.6) is 0 Å². The van der Waals surface area contributed by atoms with Gasteiger partial charge in [-0.05, 0) is 43.5 Å². The third kappa shape index (κ3) is 3.07. The van der Waals surface area contributed by atoms with Crippen LogP contribution in [-0.4, -0.2) is 32.5 Å². The second kappa shape index (κ2) is 6.86. The zero-order valence-corrected chi connectivity index (χ0v) is 14.7. The highest BCUT2D eigenvalue weighted by Gasteiger charge is 2.28. The summed E-state index contributed by atoms with van der Waals surface area (Å²) in [7, 11) is 0. The van der Waals surface area contributed by atoms with Crippen LogP contribution in [0.1, 0.15) is 53.3 Å². The van der Waals surface area contributed by atoms with Crippen LogP contribution in [0.25, 0.3) is 11.0 Å². The largest absolute Gasteiger partial charge is 0.332 e. The molecule has 4 rings (SSSR count). The lowest BCUT2D eigenvalue weighted by molar-refractivity contribution is 0.0680. The van der Waals surface area contributed by atoms with Crippen LogP contribution in [0.4, 0.5) is 4.39 Å². The first-order valence-corrected chi connectivity index (χ1v) is 9.00. The van der Waals surface area contributed by atoms with Gasteiger partial charge in [-0.1, -0.05) is 25.0 Å². The number of carbonyl (C=O) groups excluding carboxylic acids is 1. The number of benzene rings is 1. The number of halogens is 1. The van der Waals surface area contributed by atoms with Gasteiger partial charge in [0.25, 0.3) is 5.91 Å². The van der Waals surface area contributed by atoms with E-state index in [1.54, 1.807) is 12.3 Å². The Morgan fingerprint density at radius 2 is 2.15 bits per heavy atom. The van der Waals surface area contributed by atoms with E-state index in [4.69, 9.17) is 0 Å². The third-order valence-electron chi connectivity index (χ3n) is 5.10. The number of H-pyrrole nitrogens is 1. The number of nitrogens with one attached hydrogen (secondary N) is 1. The maximum atomic E-state index is 13.7. The highest BCUT2D eigenvalue weighted by molar-refractivity contribution is 5.97. The van der Waals surface area contributed by atoms with Gasteiger partial charge in [0.1, 0.15) is 5.82 Å². The number of rotatable bonds is 2. The average Bonchev–Trinajstić information content (AvgIpc) is 2.87. The molecule has 0 saturated carbocycles. The fourth-order valence-electron chi connectivity index (χ4n) is 3.72. The summed E-state index contributed by atoms with van der Waals surface area (Å²) in [6.07, 6.45) is 5.50. The SMILES string of the molecule is Cc1n[nH]c2ncc(C(=O)N3CCCCC[C@@H]3c3cccc(F)c3)cc12. The number of likely N-dealkylation sites (tertiary alicyclic amines) is 1. The normalized spacial score (nSPS) is 18.1. The lowest BCUT2D eigenvalue weighted by atomic mass is 10.00. The lowest BCUT2D eigenvalue weighted by Crippen LogP contribution is -2.35. The van der Waals surface area contributed by atoms with E-state index >= 15 is 0 Å². The van der Waals surface area contributed by atoms with Crippen molar-refractivity contribution in [3.8, 4) is 0 Å². The second-order valence-electron chi connectivity index (χ2n) is 6.85. The molecule has 1 N–H and O–H groups in total. The molecule has 5 nitrogen and oxygen atoms in total. The second-order valence-corrected chi connectivity index (χ2v) is 6.85. The van der Waals surface area contributed by atoms with Gasteiger partial charge >= 0.3 is 0 Å². The van der Waals surface area contributed by atoms with Gasteiger partial charge in [0.15, 0.2) is 5.65 Å². The van der Waals surface area contributed by atoms with Crippen LogP contribution in [-0.2, 0) is 0 Å². The molecule has 1 saturated heterocycles. The molecule has 1 amide bonds. The highest BCUT2D eigenvalue weighted by Crippen LogP contribution is 2.32. The van der Waals surface area contributed by atoms with Gasteiger partial charge in [0.2, 0.25) is 0 Å². The summed E-state index contributed by atoms with van der Waals surface area (Å²) in [5, 5.41) is 7.85. The van der Waals surface area contributed by atoms with E-state index in [1.807, 2.05) is 24.0 Å². The third-order valence-corrected chi connectivity index (χ3v) is 5.10. The topological polar surface area (TPSA) is 61.9 Å². The van der Waals surface area contributed by atoms with Crippen molar-refractivity contribution in [2.45, 2.75) is 38.6 Å². The van der Waals surface area contributed by atoms with Crippen molar-refractivity contribution in [3.63, 3.8) is 0 Å². The number of amides is 1. The number of hydrogen-bond acceptors (Lipinski definition) is 3. The van der Waals surface area contributed by atoms with Crippen molar-refractivity contribution in [1.29, 1.82) is 0 Å². The number of aryl methyl sites for hydroxylation is 1. The molecule has 26 heavy (non-hydrogen) atoms. The Balaban J connectivity index is 1.71. The van der Waals surface area contributed by atoms with Crippen LogP contribution >= 0.6 is 0 Å². The molecule has 3 aromatic rings. The van der Waals surface area contributed by atoms with Crippen molar-refractivity contribution in [2.24, 2.45) is 0 Å². The Hall–Kier alpha value is -2.76. The zero-order chi connectivity index (χ0) is 18.1. The van der Waals surface area contributed by atoms with Gasteiger partial charge in [0.05, 0.1) is 17.3 Å². The Kier molecular flexibility index (Phi) is 4.41. The number of carbonyl (C=O) groups is 1. The summed E-state index contributed by atoms with van der Waals surface area (Å²) in [5.41, 5.74) is 2.90. The van der Waals surface area contributed by atoms with Gasteiger partial charge in [0, 0.05) is 18.1 Å². The number of hydrogen-bond donors (Lipinski definition) is 1. The monoisotopic (exact) mass is 352 g/mol. The first kappa shape index (κ1) is 16.7. The van der Waals surface area contributed by atoms with Gasteiger partial charge in [-0.25, -0.2) is 9.37 Å². The van der Waals surface area contributed by atoms with Crippen molar-refractivity contribution in [1.82, 2.24) is 20.1 Å². The molecule has 1 aliphatic heterocycles. The van der Waals surface area contributed by atoms with Crippen LogP contribution < -0.4 is 0 Å². The predicted octanol–water partition coefficient (Wildman–Crippen LogP) is 4.16. The Labute approximate surface area is 151 Å². The van der Waals surface area contributed by atoms with Crippen LogP contribution in [0.3, 0.4) is 0 Å². The molecule has 1 fully saturated rings. The highest BCUT2D eigenvalue weighted by atomic mass is 19.1. The minimum atomic E-state index is -0.267. The quantitative estimate of drug-likeness (QED) is 0.753. The molecule has 0 aliphatic carbocycles. The summed E-state index contributed by atoms with van der Waals surface area (Å²) < 4.78 is 13.7. The molecule has 1 aliphatic rings. The van der Waals surface area contributed by atoms with Crippen molar-refractivity contribution < 1.29 is 9.18 Å².